The second-order valence-electron chi connectivity index (χ2n) is 2.93. The van der Waals surface area contributed by atoms with Crippen LogP contribution < -0.4 is 5.73 Å². The van der Waals surface area contributed by atoms with Crippen LogP contribution in [0.1, 0.15) is 6.92 Å². The molecule has 3 N–H and O–H groups in total. The number of carbonyl (C=O) groups is 1. The van der Waals surface area contributed by atoms with Crippen LogP contribution in [0.15, 0.2) is 24.1 Å². The molecule has 1 amide bonds. The number of rotatable bonds is 2. The minimum atomic E-state index is -3.85. The highest BCUT2D eigenvalue weighted by Gasteiger charge is 1.90. The van der Waals surface area contributed by atoms with Gasteiger partial charge in [-0.3, -0.25) is 9.35 Å². The molecule has 0 heterocycles. The van der Waals surface area contributed by atoms with Crippen molar-refractivity contribution in [1.29, 1.82) is 0 Å². The summed E-state index contributed by atoms with van der Waals surface area (Å²) in [6.07, 6.45) is 2.30. The van der Waals surface area contributed by atoms with E-state index in [0.717, 1.165) is 6.08 Å². The molecule has 0 fully saturated rings. The highest BCUT2D eigenvalue weighted by atomic mass is 32.2. The van der Waals surface area contributed by atoms with E-state index >= 15 is 0 Å². The number of hydrogen-bond acceptors (Lipinski definition) is 4. The molecule has 0 aromatic rings. The second kappa shape index (κ2) is 11.9. The van der Waals surface area contributed by atoms with E-state index in [-0.39, 0.29) is 0 Å². The quantitative estimate of drug-likeness (QED) is 0.541. The van der Waals surface area contributed by atoms with Crippen molar-refractivity contribution in [3.63, 3.8) is 0 Å². The fourth-order valence-corrected chi connectivity index (χ4v) is 0.516. The van der Waals surface area contributed by atoms with Crippen LogP contribution in [0.2, 0.25) is 0 Å². The Bertz CT molecular complexity index is 305. The van der Waals surface area contributed by atoms with E-state index in [4.69, 9.17) is 4.55 Å². The van der Waals surface area contributed by atoms with Crippen molar-refractivity contribution in [3.8, 4) is 0 Å². The van der Waals surface area contributed by atoms with E-state index < -0.39 is 16.0 Å². The van der Waals surface area contributed by atoms with Crippen LogP contribution in [-0.2, 0) is 14.9 Å². The van der Waals surface area contributed by atoms with Crippen molar-refractivity contribution >= 4 is 16.0 Å². The Morgan fingerprint density at radius 3 is 1.62 bits per heavy atom. The van der Waals surface area contributed by atoms with Crippen molar-refractivity contribution in [1.82, 2.24) is 4.90 Å². The lowest BCUT2D eigenvalue weighted by Crippen LogP contribution is -2.04. The van der Waals surface area contributed by atoms with Gasteiger partial charge in [-0.2, -0.15) is 8.42 Å². The van der Waals surface area contributed by atoms with Gasteiger partial charge in [0.1, 0.15) is 0 Å². The predicted octanol–water partition coefficient (Wildman–Crippen LogP) is 0.243. The SMILES string of the molecule is C=CC(N)=O.CC=CS(=O)(=O)O.CN(C)C. The van der Waals surface area contributed by atoms with Crippen molar-refractivity contribution in [2.24, 2.45) is 5.73 Å². The van der Waals surface area contributed by atoms with Gasteiger partial charge < -0.3 is 10.6 Å². The summed E-state index contributed by atoms with van der Waals surface area (Å²) in [6.45, 7) is 4.59. The number of hydrogen-bond donors (Lipinski definition) is 2. The molecule has 0 aromatic heterocycles. The highest BCUT2D eigenvalue weighted by Crippen LogP contribution is 1.80. The van der Waals surface area contributed by atoms with Gasteiger partial charge in [0.25, 0.3) is 10.1 Å². The van der Waals surface area contributed by atoms with Crippen LogP contribution in [0.3, 0.4) is 0 Å². The predicted molar refractivity (Wildman–Crippen MR) is 65.4 cm³/mol. The van der Waals surface area contributed by atoms with Crippen molar-refractivity contribution < 1.29 is 17.8 Å². The Balaban J connectivity index is -0.000000166. The first-order valence-electron chi connectivity index (χ1n) is 4.19. The second-order valence-corrected chi connectivity index (χ2v) is 4.23. The molecule has 0 unspecified atom stereocenters. The summed E-state index contributed by atoms with van der Waals surface area (Å²) in [7, 11) is 2.15. The Morgan fingerprint density at radius 1 is 1.38 bits per heavy atom. The standard InChI is InChI=1S/C3H5NO.C3H9N.C3H6O3S/c1-2-3(4)5;1-4(2)3;1-2-3-7(4,5)6/h2H,1H2,(H2,4,5);1-3H3;2-3H,1H3,(H,4,5,6). The number of amides is 1. The summed E-state index contributed by atoms with van der Waals surface area (Å²) in [4.78, 5) is 11.5. The fourth-order valence-electron chi connectivity index (χ4n) is 0.172. The van der Waals surface area contributed by atoms with Gasteiger partial charge in [0.15, 0.2) is 0 Å². The number of nitrogens with two attached hydrogens (primary N) is 1. The Hall–Kier alpha value is -1.18. The molecule has 0 spiro atoms. The number of nitrogens with zero attached hydrogens (tertiary/aromatic N) is 1. The average molecular weight is 252 g/mol. The average Bonchev–Trinajstić information content (AvgIpc) is 2.01. The van der Waals surface area contributed by atoms with Gasteiger partial charge >= 0.3 is 0 Å². The molecular weight excluding hydrogens is 232 g/mol. The maximum atomic E-state index is 9.70. The van der Waals surface area contributed by atoms with E-state index in [2.05, 4.69) is 12.3 Å². The zero-order valence-electron chi connectivity index (χ0n) is 10.0. The Kier molecular flexibility index (Phi) is 15.1. The fraction of sp³-hybridized carbons (Fsp3) is 0.444. The molecule has 0 aliphatic rings. The van der Waals surface area contributed by atoms with Crippen LogP contribution in [0, 0.1) is 0 Å². The van der Waals surface area contributed by atoms with Crippen LogP contribution in [0.25, 0.3) is 0 Å². The van der Waals surface area contributed by atoms with Crippen LogP contribution >= 0.6 is 0 Å². The van der Waals surface area contributed by atoms with Gasteiger partial charge in [0.05, 0.1) is 5.41 Å². The molecule has 0 aliphatic heterocycles. The summed E-state index contributed by atoms with van der Waals surface area (Å²) >= 11 is 0. The summed E-state index contributed by atoms with van der Waals surface area (Å²) in [5.41, 5.74) is 4.53. The largest absolute Gasteiger partial charge is 0.366 e. The summed E-state index contributed by atoms with van der Waals surface area (Å²) in [5.74, 6) is -0.481. The lowest BCUT2D eigenvalue weighted by Gasteiger charge is -1.90. The number of carbonyl (C=O) groups excluding carboxylic acids is 1. The summed E-state index contributed by atoms with van der Waals surface area (Å²) in [5, 5.41) is 0.715. The molecule has 0 aromatic carbocycles. The normalized spacial score (nSPS) is 9.88. The molecule has 0 saturated carbocycles. The minimum Gasteiger partial charge on any atom is -0.366 e. The molecule has 0 rings (SSSR count). The maximum Gasteiger partial charge on any atom is 0.287 e. The lowest BCUT2D eigenvalue weighted by atomic mass is 10.6. The van der Waals surface area contributed by atoms with Crippen LogP contribution in [-0.4, -0.2) is 44.9 Å². The van der Waals surface area contributed by atoms with Crippen molar-refractivity contribution in [2.75, 3.05) is 21.1 Å². The van der Waals surface area contributed by atoms with Crippen molar-refractivity contribution in [2.45, 2.75) is 6.92 Å². The molecule has 0 aliphatic carbocycles. The number of primary amides is 1. The van der Waals surface area contributed by atoms with E-state index in [9.17, 15) is 13.2 Å². The molecule has 0 radical (unpaired) electrons. The maximum absolute atomic E-state index is 9.70. The molecule has 0 saturated heterocycles. The third kappa shape index (κ3) is 77.1. The number of allylic oxidation sites excluding steroid dienone is 1. The van der Waals surface area contributed by atoms with Crippen LogP contribution in [0.4, 0.5) is 0 Å². The van der Waals surface area contributed by atoms with Crippen molar-refractivity contribution in [3.05, 3.63) is 24.1 Å². The summed E-state index contributed by atoms with van der Waals surface area (Å²) < 4.78 is 27.3. The van der Waals surface area contributed by atoms with Gasteiger partial charge in [-0.15, -0.1) is 0 Å². The molecular formula is C9H20N2O4S. The molecule has 16 heavy (non-hydrogen) atoms. The van der Waals surface area contributed by atoms with Gasteiger partial charge in [0, 0.05) is 0 Å². The molecule has 0 bridgehead atoms. The first-order valence-corrected chi connectivity index (χ1v) is 5.70. The smallest absolute Gasteiger partial charge is 0.287 e. The van der Waals surface area contributed by atoms with Gasteiger partial charge in [-0.1, -0.05) is 12.7 Å². The zero-order valence-corrected chi connectivity index (χ0v) is 10.9. The van der Waals surface area contributed by atoms with E-state index in [1.807, 2.05) is 26.0 Å². The van der Waals surface area contributed by atoms with E-state index in [1.165, 1.54) is 13.0 Å². The Morgan fingerprint density at radius 2 is 1.62 bits per heavy atom. The van der Waals surface area contributed by atoms with E-state index in [1.54, 1.807) is 0 Å². The minimum absolute atomic E-state index is 0.481. The first kappa shape index (κ1) is 20.3. The lowest BCUT2D eigenvalue weighted by molar-refractivity contribution is -0.113. The monoisotopic (exact) mass is 252 g/mol. The molecule has 6 nitrogen and oxygen atoms in total. The first-order chi connectivity index (χ1) is 7.06. The highest BCUT2D eigenvalue weighted by molar-refractivity contribution is 7.88. The van der Waals surface area contributed by atoms with E-state index in [0.29, 0.717) is 5.41 Å². The molecule has 7 heteroatoms. The van der Waals surface area contributed by atoms with Gasteiger partial charge in [-0.05, 0) is 34.1 Å². The Labute approximate surface area is 97.2 Å². The molecule has 96 valence electrons. The third-order valence-electron chi connectivity index (χ3n) is 0.509. The zero-order chi connectivity index (χ0) is 13.8. The van der Waals surface area contributed by atoms with Crippen LogP contribution in [0.5, 0.6) is 0 Å². The third-order valence-corrected chi connectivity index (χ3v) is 1.13. The molecule has 0 atom stereocenters. The summed E-state index contributed by atoms with van der Waals surface area (Å²) in [6, 6.07) is 0. The van der Waals surface area contributed by atoms with Gasteiger partial charge in [-0.25, -0.2) is 0 Å². The van der Waals surface area contributed by atoms with Gasteiger partial charge in [0.2, 0.25) is 5.91 Å². The topological polar surface area (TPSA) is 101 Å².